The van der Waals surface area contributed by atoms with Crippen LogP contribution in [0.1, 0.15) is 19.8 Å². The predicted molar refractivity (Wildman–Crippen MR) is 44.4 cm³/mol. The van der Waals surface area contributed by atoms with Crippen molar-refractivity contribution >= 4 is 5.84 Å². The van der Waals surface area contributed by atoms with E-state index in [1.807, 2.05) is 13.0 Å². The van der Waals surface area contributed by atoms with E-state index in [2.05, 4.69) is 16.4 Å². The van der Waals surface area contributed by atoms with Gasteiger partial charge in [-0.3, -0.25) is 4.99 Å². The van der Waals surface area contributed by atoms with Crippen molar-refractivity contribution < 1.29 is 0 Å². The molecule has 1 fully saturated rings. The van der Waals surface area contributed by atoms with Crippen LogP contribution in [-0.4, -0.2) is 18.9 Å². The van der Waals surface area contributed by atoms with Gasteiger partial charge in [0.15, 0.2) is 0 Å². The Morgan fingerprint density at radius 1 is 1.70 bits per heavy atom. The van der Waals surface area contributed by atoms with Crippen LogP contribution in [0, 0.1) is 0 Å². The molecule has 0 aromatic heterocycles. The predicted octanol–water partition coefficient (Wildman–Crippen LogP) is 1.34. The molecule has 1 heterocycles. The van der Waals surface area contributed by atoms with Crippen molar-refractivity contribution in [3.63, 3.8) is 0 Å². The van der Waals surface area contributed by atoms with Gasteiger partial charge in [-0.25, -0.2) is 0 Å². The summed E-state index contributed by atoms with van der Waals surface area (Å²) in [5.74, 6) is 1.18. The van der Waals surface area contributed by atoms with Crippen LogP contribution in [0.15, 0.2) is 17.1 Å². The van der Waals surface area contributed by atoms with E-state index in [1.54, 1.807) is 0 Å². The molecule has 0 radical (unpaired) electrons. The van der Waals surface area contributed by atoms with E-state index < -0.39 is 0 Å². The Balaban J connectivity index is 2.24. The summed E-state index contributed by atoms with van der Waals surface area (Å²) in [6, 6.07) is 0. The van der Waals surface area contributed by atoms with E-state index in [-0.39, 0.29) is 0 Å². The Morgan fingerprint density at radius 2 is 2.60 bits per heavy atom. The molecule has 1 aliphatic heterocycles. The fourth-order valence-corrected chi connectivity index (χ4v) is 0.980. The lowest BCUT2D eigenvalue weighted by Crippen LogP contribution is -2.14. The van der Waals surface area contributed by atoms with Gasteiger partial charge in [-0.2, -0.15) is 0 Å². The van der Waals surface area contributed by atoms with E-state index in [9.17, 15) is 0 Å². The Morgan fingerprint density at radius 3 is 3.20 bits per heavy atom. The van der Waals surface area contributed by atoms with Crippen LogP contribution in [0.3, 0.4) is 0 Å². The van der Waals surface area contributed by atoms with Crippen LogP contribution in [0.2, 0.25) is 0 Å². The second-order valence-corrected chi connectivity index (χ2v) is 2.39. The molecule has 1 N–H and O–H groups in total. The summed E-state index contributed by atoms with van der Waals surface area (Å²) in [5.41, 5.74) is 0. The summed E-state index contributed by atoms with van der Waals surface area (Å²) in [6.07, 6.45) is 6.47. The number of hydrogen-bond acceptors (Lipinski definition) is 1. The average Bonchev–Trinajstić information content (AvgIpc) is 2.41. The van der Waals surface area contributed by atoms with E-state index in [4.69, 9.17) is 0 Å². The number of hydrogen-bond donors (Lipinski definition) is 1. The molecule has 1 aliphatic rings. The lowest BCUT2D eigenvalue weighted by molar-refractivity contribution is 0.912. The van der Waals surface area contributed by atoms with Gasteiger partial charge in [0.05, 0.1) is 12.4 Å². The molecule has 0 aromatic rings. The third kappa shape index (κ3) is 2.21. The Hall–Kier alpha value is -0.790. The van der Waals surface area contributed by atoms with Crippen LogP contribution >= 0.6 is 0 Å². The van der Waals surface area contributed by atoms with Crippen molar-refractivity contribution in [2.45, 2.75) is 19.8 Å². The summed E-state index contributed by atoms with van der Waals surface area (Å²) >= 11 is 0. The first-order valence-electron chi connectivity index (χ1n) is 3.82. The number of amidine groups is 1. The number of aliphatic imine (C=N–C) groups is 1. The summed E-state index contributed by atoms with van der Waals surface area (Å²) < 4.78 is 0. The lowest BCUT2D eigenvalue weighted by atomic mass is 10.4. The molecule has 0 bridgehead atoms. The highest BCUT2D eigenvalue weighted by molar-refractivity contribution is 5.83. The zero-order chi connectivity index (χ0) is 7.23. The highest BCUT2D eigenvalue weighted by Crippen LogP contribution is 1.97. The van der Waals surface area contributed by atoms with Crippen LogP contribution in [-0.2, 0) is 0 Å². The topological polar surface area (TPSA) is 24.4 Å². The van der Waals surface area contributed by atoms with Crippen LogP contribution in [0.5, 0.6) is 0 Å². The van der Waals surface area contributed by atoms with E-state index in [1.165, 1.54) is 12.3 Å². The zero-order valence-corrected chi connectivity index (χ0v) is 6.43. The number of allylic oxidation sites excluding steroid dienone is 1. The van der Waals surface area contributed by atoms with Gasteiger partial charge in [-0.05, 0) is 13.3 Å². The average molecular weight is 138 g/mol. The first-order chi connectivity index (χ1) is 4.93. The molecule has 2 nitrogen and oxygen atoms in total. The second kappa shape index (κ2) is 4.09. The minimum atomic E-state index is 0.832. The molecular formula is C8H14N2. The maximum atomic E-state index is 4.33. The fourth-order valence-electron chi connectivity index (χ4n) is 0.980. The normalized spacial score (nSPS) is 22.3. The standard InChI is InChI=1S/C8H14N2/c1-2-3-6-9-8-5-4-7-10-8/h2-3H,4-7H2,1H3,(H,9,10)/b3-2+. The molecule has 0 atom stereocenters. The van der Waals surface area contributed by atoms with E-state index in [0.29, 0.717) is 0 Å². The molecule has 0 saturated carbocycles. The lowest BCUT2D eigenvalue weighted by Gasteiger charge is -1.93. The molecule has 10 heavy (non-hydrogen) atoms. The molecule has 2 heteroatoms. The van der Waals surface area contributed by atoms with Crippen LogP contribution < -0.4 is 5.32 Å². The van der Waals surface area contributed by atoms with E-state index >= 15 is 0 Å². The van der Waals surface area contributed by atoms with Gasteiger partial charge in [0, 0.05) is 13.0 Å². The van der Waals surface area contributed by atoms with Crippen LogP contribution in [0.25, 0.3) is 0 Å². The van der Waals surface area contributed by atoms with Gasteiger partial charge in [0.2, 0.25) is 0 Å². The smallest absolute Gasteiger partial charge is 0.0967 e. The number of nitrogens with one attached hydrogen (secondary N) is 1. The minimum absolute atomic E-state index is 0.832. The summed E-state index contributed by atoms with van der Waals surface area (Å²) in [7, 11) is 0. The highest BCUT2D eigenvalue weighted by Gasteiger charge is 2.04. The number of nitrogens with zero attached hydrogens (tertiary/aromatic N) is 1. The van der Waals surface area contributed by atoms with Crippen molar-refractivity contribution in [2.75, 3.05) is 13.1 Å². The summed E-state index contributed by atoms with van der Waals surface area (Å²) in [4.78, 5) is 4.33. The van der Waals surface area contributed by atoms with Crippen molar-refractivity contribution in [1.82, 2.24) is 5.32 Å². The minimum Gasteiger partial charge on any atom is -0.374 e. The molecule has 0 aliphatic carbocycles. The van der Waals surface area contributed by atoms with Gasteiger partial charge in [0.25, 0.3) is 0 Å². The quantitative estimate of drug-likeness (QED) is 0.572. The second-order valence-electron chi connectivity index (χ2n) is 2.39. The molecular weight excluding hydrogens is 124 g/mol. The maximum absolute atomic E-state index is 4.33. The Kier molecular flexibility index (Phi) is 3.00. The molecule has 1 rings (SSSR count). The van der Waals surface area contributed by atoms with Gasteiger partial charge >= 0.3 is 0 Å². The molecule has 56 valence electrons. The third-order valence-electron chi connectivity index (χ3n) is 1.54. The first-order valence-corrected chi connectivity index (χ1v) is 3.82. The molecule has 0 aromatic carbocycles. The first kappa shape index (κ1) is 7.32. The van der Waals surface area contributed by atoms with Crippen molar-refractivity contribution in [3.8, 4) is 0 Å². The van der Waals surface area contributed by atoms with E-state index in [0.717, 1.165) is 19.5 Å². The summed E-state index contributed by atoms with van der Waals surface area (Å²) in [5, 5.41) is 3.23. The maximum Gasteiger partial charge on any atom is 0.0967 e. The largest absolute Gasteiger partial charge is 0.374 e. The fraction of sp³-hybridized carbons (Fsp3) is 0.625. The monoisotopic (exact) mass is 138 g/mol. The van der Waals surface area contributed by atoms with Gasteiger partial charge < -0.3 is 5.32 Å². The van der Waals surface area contributed by atoms with Gasteiger partial charge in [-0.1, -0.05) is 12.2 Å². The molecule has 0 amide bonds. The highest BCUT2D eigenvalue weighted by atomic mass is 15.0. The third-order valence-corrected chi connectivity index (χ3v) is 1.54. The molecule has 0 unspecified atom stereocenters. The van der Waals surface area contributed by atoms with Crippen molar-refractivity contribution in [2.24, 2.45) is 4.99 Å². The molecule has 1 saturated heterocycles. The number of rotatable bonds is 2. The molecule has 0 spiro atoms. The zero-order valence-electron chi connectivity index (χ0n) is 6.43. The van der Waals surface area contributed by atoms with Gasteiger partial charge in [-0.15, -0.1) is 0 Å². The Labute approximate surface area is 62.0 Å². The Bertz CT molecular complexity index is 139. The van der Waals surface area contributed by atoms with Crippen molar-refractivity contribution in [3.05, 3.63) is 12.2 Å². The summed E-state index contributed by atoms with van der Waals surface area (Å²) in [6.45, 7) is 3.95. The SMILES string of the molecule is C/C=C/C/N=C1\CCCN1. The van der Waals surface area contributed by atoms with Crippen molar-refractivity contribution in [1.29, 1.82) is 0 Å². The van der Waals surface area contributed by atoms with Gasteiger partial charge in [0.1, 0.15) is 0 Å². The van der Waals surface area contributed by atoms with Crippen LogP contribution in [0.4, 0.5) is 0 Å².